The summed E-state index contributed by atoms with van der Waals surface area (Å²) in [6.45, 7) is 5.59. The fourth-order valence-corrected chi connectivity index (χ4v) is 2.81. The molecule has 0 saturated heterocycles. The van der Waals surface area contributed by atoms with E-state index in [-0.39, 0.29) is 5.69 Å². The smallest absolute Gasteiger partial charge is 0.342 e. The molecule has 0 radical (unpaired) electrons. The van der Waals surface area contributed by atoms with Gasteiger partial charge in [-0.05, 0) is 0 Å². The van der Waals surface area contributed by atoms with Crippen molar-refractivity contribution >= 4 is 35.7 Å². The van der Waals surface area contributed by atoms with Crippen LogP contribution >= 0.6 is 0 Å². The fourth-order valence-electron chi connectivity index (χ4n) is 2.81. The van der Waals surface area contributed by atoms with E-state index in [0.717, 1.165) is 47.7 Å². The number of aromatic nitrogens is 2. The average molecular weight is 456 g/mol. The minimum atomic E-state index is -1.70. The standard InChI is InChI=1S/C19H24N2O11/c1-9(22)20-7-15(21(10(2)23)19(20)28)17(31-13(5)26)18(32-14(6)27)16(30-12(4)25)8-29-11(3)24/h7,16-18H,8H2,1-6H3/t16-,17-,18-/m1/s1. The van der Waals surface area contributed by atoms with Crippen molar-refractivity contribution in [3.05, 3.63) is 22.4 Å². The largest absolute Gasteiger partial charge is 0.462 e. The first-order valence-electron chi connectivity index (χ1n) is 9.27. The van der Waals surface area contributed by atoms with Crippen molar-refractivity contribution < 1.29 is 47.7 Å². The Morgan fingerprint density at radius 1 is 0.781 bits per heavy atom. The first-order chi connectivity index (χ1) is 14.8. The maximum atomic E-state index is 12.6. The molecule has 13 heteroatoms. The predicted octanol–water partition coefficient (Wildman–Crippen LogP) is 0.000700. The molecule has 0 N–H and O–H groups in total. The van der Waals surface area contributed by atoms with Crippen LogP contribution in [0.25, 0.3) is 0 Å². The number of rotatable bonds is 8. The van der Waals surface area contributed by atoms with E-state index in [9.17, 15) is 33.6 Å². The number of carbonyl (C=O) groups excluding carboxylic acids is 6. The summed E-state index contributed by atoms with van der Waals surface area (Å²) in [6.07, 6.45) is -3.92. The number of carbonyl (C=O) groups is 6. The molecule has 0 amide bonds. The van der Waals surface area contributed by atoms with Crippen LogP contribution in [-0.4, -0.2) is 63.6 Å². The Morgan fingerprint density at radius 2 is 1.31 bits per heavy atom. The summed E-state index contributed by atoms with van der Waals surface area (Å²) >= 11 is 0. The van der Waals surface area contributed by atoms with Gasteiger partial charge >= 0.3 is 29.6 Å². The van der Waals surface area contributed by atoms with E-state index in [2.05, 4.69) is 0 Å². The van der Waals surface area contributed by atoms with Gasteiger partial charge in [0, 0.05) is 47.7 Å². The Kier molecular flexibility index (Phi) is 9.05. The SMILES string of the molecule is CC(=O)OC[C@@H](OC(C)=O)[C@@H](OC(C)=O)[C@H](OC(C)=O)c1cn(C(C)=O)c(=O)n1C(C)=O. The van der Waals surface area contributed by atoms with E-state index in [4.69, 9.17) is 18.9 Å². The van der Waals surface area contributed by atoms with E-state index in [1.54, 1.807) is 0 Å². The Labute approximate surface area is 182 Å². The number of hydrogen-bond donors (Lipinski definition) is 0. The molecule has 1 aromatic rings. The molecule has 0 aromatic carbocycles. The van der Waals surface area contributed by atoms with Crippen molar-refractivity contribution in [1.82, 2.24) is 9.13 Å². The molecule has 0 bridgehead atoms. The summed E-state index contributed by atoms with van der Waals surface area (Å²) in [4.78, 5) is 83.1. The summed E-state index contributed by atoms with van der Waals surface area (Å²) in [5.41, 5.74) is -1.39. The van der Waals surface area contributed by atoms with Gasteiger partial charge in [-0.2, -0.15) is 0 Å². The lowest BCUT2D eigenvalue weighted by molar-refractivity contribution is -0.190. The highest BCUT2D eigenvalue weighted by Crippen LogP contribution is 2.28. The Morgan fingerprint density at radius 3 is 1.72 bits per heavy atom. The third-order valence-corrected chi connectivity index (χ3v) is 3.89. The maximum absolute atomic E-state index is 12.6. The molecule has 0 aliphatic heterocycles. The summed E-state index contributed by atoms with van der Waals surface area (Å²) in [5.74, 6) is -5.03. The molecule has 32 heavy (non-hydrogen) atoms. The number of imidazole rings is 1. The number of nitrogens with zero attached hydrogens (tertiary/aromatic N) is 2. The predicted molar refractivity (Wildman–Crippen MR) is 104 cm³/mol. The van der Waals surface area contributed by atoms with Gasteiger partial charge in [0.15, 0.2) is 18.3 Å². The average Bonchev–Trinajstić information content (AvgIpc) is 2.98. The van der Waals surface area contributed by atoms with Crippen molar-refractivity contribution in [1.29, 1.82) is 0 Å². The van der Waals surface area contributed by atoms with Crippen molar-refractivity contribution in [3.63, 3.8) is 0 Å². The third-order valence-electron chi connectivity index (χ3n) is 3.89. The van der Waals surface area contributed by atoms with Gasteiger partial charge in [0.25, 0.3) is 0 Å². The second-order valence-electron chi connectivity index (χ2n) is 6.63. The molecule has 1 aromatic heterocycles. The normalized spacial score (nSPS) is 13.3. The molecule has 0 fully saturated rings. The molecule has 0 unspecified atom stereocenters. The van der Waals surface area contributed by atoms with Crippen LogP contribution in [0.15, 0.2) is 11.0 Å². The first-order valence-corrected chi connectivity index (χ1v) is 9.27. The Hall–Kier alpha value is -3.77. The Bertz CT molecular complexity index is 988. The lowest BCUT2D eigenvalue weighted by Crippen LogP contribution is -2.44. The third kappa shape index (κ3) is 6.89. The van der Waals surface area contributed by atoms with Crippen LogP contribution in [-0.2, 0) is 38.1 Å². The minimum Gasteiger partial charge on any atom is -0.462 e. The molecule has 0 saturated carbocycles. The molecule has 13 nitrogen and oxygen atoms in total. The molecule has 176 valence electrons. The first kappa shape index (κ1) is 26.3. The van der Waals surface area contributed by atoms with Gasteiger partial charge in [-0.25, -0.2) is 13.9 Å². The van der Waals surface area contributed by atoms with E-state index >= 15 is 0 Å². The molecule has 1 heterocycles. The van der Waals surface area contributed by atoms with Crippen LogP contribution in [0.4, 0.5) is 0 Å². The minimum absolute atomic E-state index is 0.334. The molecule has 1 rings (SSSR count). The van der Waals surface area contributed by atoms with Crippen LogP contribution in [0.3, 0.4) is 0 Å². The van der Waals surface area contributed by atoms with Crippen molar-refractivity contribution in [3.8, 4) is 0 Å². The van der Waals surface area contributed by atoms with Gasteiger partial charge < -0.3 is 18.9 Å². The summed E-state index contributed by atoms with van der Waals surface area (Å²) < 4.78 is 21.5. The van der Waals surface area contributed by atoms with Crippen LogP contribution in [0.2, 0.25) is 0 Å². The van der Waals surface area contributed by atoms with E-state index in [1.165, 1.54) is 0 Å². The van der Waals surface area contributed by atoms with Gasteiger partial charge in [0.2, 0.25) is 11.8 Å². The highest BCUT2D eigenvalue weighted by molar-refractivity contribution is 5.80. The lowest BCUT2D eigenvalue weighted by Gasteiger charge is -2.31. The van der Waals surface area contributed by atoms with Gasteiger partial charge in [0.1, 0.15) is 6.61 Å². The van der Waals surface area contributed by atoms with E-state index in [1.807, 2.05) is 0 Å². The lowest BCUT2D eigenvalue weighted by atomic mass is 10.0. The van der Waals surface area contributed by atoms with Gasteiger partial charge in [-0.1, -0.05) is 0 Å². The topological polar surface area (TPSA) is 166 Å². The second kappa shape index (κ2) is 11.0. The number of ether oxygens (including phenoxy) is 4. The van der Waals surface area contributed by atoms with Crippen molar-refractivity contribution in [2.24, 2.45) is 0 Å². The number of esters is 4. The van der Waals surface area contributed by atoms with Crippen LogP contribution in [0, 0.1) is 0 Å². The van der Waals surface area contributed by atoms with Crippen molar-refractivity contribution in [2.45, 2.75) is 59.9 Å². The van der Waals surface area contributed by atoms with Gasteiger partial charge in [0.05, 0.1) is 5.69 Å². The molecule has 0 aliphatic rings. The Balaban J connectivity index is 3.77. The molecular formula is C19H24N2O11. The van der Waals surface area contributed by atoms with Crippen molar-refractivity contribution in [2.75, 3.05) is 6.61 Å². The summed E-state index contributed by atoms with van der Waals surface area (Å²) in [5, 5.41) is 0. The zero-order valence-corrected chi connectivity index (χ0v) is 18.4. The summed E-state index contributed by atoms with van der Waals surface area (Å²) in [6, 6.07) is 0. The molecule has 3 atom stereocenters. The zero-order valence-electron chi connectivity index (χ0n) is 18.4. The van der Waals surface area contributed by atoms with E-state index < -0.39 is 66.3 Å². The zero-order chi connectivity index (χ0) is 24.7. The quantitative estimate of drug-likeness (QED) is 0.381. The summed E-state index contributed by atoms with van der Waals surface area (Å²) in [7, 11) is 0. The monoisotopic (exact) mass is 456 g/mol. The van der Waals surface area contributed by atoms with Crippen LogP contribution < -0.4 is 5.69 Å². The maximum Gasteiger partial charge on any atom is 0.342 e. The number of hydrogen-bond acceptors (Lipinski definition) is 11. The highest BCUT2D eigenvalue weighted by atomic mass is 16.6. The second-order valence-corrected chi connectivity index (χ2v) is 6.63. The molecule has 0 aliphatic carbocycles. The van der Waals surface area contributed by atoms with Crippen LogP contribution in [0.1, 0.15) is 62.9 Å². The molecular weight excluding hydrogens is 432 g/mol. The van der Waals surface area contributed by atoms with Crippen LogP contribution in [0.5, 0.6) is 0 Å². The van der Waals surface area contributed by atoms with E-state index in [0.29, 0.717) is 9.13 Å². The highest BCUT2D eigenvalue weighted by Gasteiger charge is 2.42. The van der Waals surface area contributed by atoms with Gasteiger partial charge in [-0.3, -0.25) is 28.8 Å². The molecule has 0 spiro atoms. The fraction of sp³-hybridized carbons (Fsp3) is 0.526. The van der Waals surface area contributed by atoms with Gasteiger partial charge in [-0.15, -0.1) is 0 Å².